The average Bonchev–Trinajstić information content (AvgIpc) is 3.76. The third-order valence-corrected chi connectivity index (χ3v) is 7.16. The van der Waals surface area contributed by atoms with Crippen molar-refractivity contribution < 1.29 is 23.1 Å². The van der Waals surface area contributed by atoms with E-state index in [1.54, 1.807) is 19.9 Å². The summed E-state index contributed by atoms with van der Waals surface area (Å²) in [6.45, 7) is 3.77. The van der Waals surface area contributed by atoms with Crippen LogP contribution in [0.1, 0.15) is 38.3 Å². The first-order valence-electron chi connectivity index (χ1n) is 13.2. The van der Waals surface area contributed by atoms with E-state index < -0.39 is 40.9 Å². The van der Waals surface area contributed by atoms with Gasteiger partial charge in [0.1, 0.15) is 17.7 Å². The maximum Gasteiger partial charge on any atom is 0.331 e. The Morgan fingerprint density at radius 1 is 1.12 bits per heavy atom. The number of ether oxygens (including phenoxy) is 1. The minimum atomic E-state index is -1.09. The number of aromatic nitrogens is 2. The highest BCUT2D eigenvalue weighted by atomic mass is 19.1. The first-order valence-corrected chi connectivity index (χ1v) is 13.2. The van der Waals surface area contributed by atoms with Gasteiger partial charge in [-0.15, -0.1) is 0 Å². The Hall–Kier alpha value is -4.57. The van der Waals surface area contributed by atoms with Crippen molar-refractivity contribution in [3.8, 4) is 6.07 Å². The van der Waals surface area contributed by atoms with Crippen LogP contribution in [0, 0.1) is 28.9 Å². The van der Waals surface area contributed by atoms with Crippen molar-refractivity contribution in [3.05, 3.63) is 68.4 Å². The Kier molecular flexibility index (Phi) is 7.59. The predicted octanol–water partition coefficient (Wildman–Crippen LogP) is 3.18. The van der Waals surface area contributed by atoms with Gasteiger partial charge in [0, 0.05) is 30.9 Å². The van der Waals surface area contributed by atoms with Gasteiger partial charge in [0.05, 0.1) is 35.3 Å². The zero-order valence-electron chi connectivity index (χ0n) is 22.4. The number of rotatable bonds is 6. The smallest absolute Gasteiger partial charge is 0.331 e. The number of halogens is 2. The van der Waals surface area contributed by atoms with E-state index in [0.29, 0.717) is 0 Å². The summed E-state index contributed by atoms with van der Waals surface area (Å²) in [7, 11) is 0. The molecule has 11 nitrogen and oxygen atoms in total. The third kappa shape index (κ3) is 5.69. The van der Waals surface area contributed by atoms with Gasteiger partial charge in [-0.05, 0) is 56.9 Å². The molecule has 3 aromatic rings. The zero-order chi connectivity index (χ0) is 29.4. The van der Waals surface area contributed by atoms with Crippen molar-refractivity contribution in [2.75, 3.05) is 30.3 Å². The highest BCUT2D eigenvalue weighted by Crippen LogP contribution is 2.30. The number of anilines is 2. The quantitative estimate of drug-likeness (QED) is 0.470. The molecule has 1 saturated carbocycles. The molecule has 1 aliphatic heterocycles. The normalized spacial score (nSPS) is 17.0. The van der Waals surface area contributed by atoms with E-state index in [4.69, 9.17) is 10.00 Å². The summed E-state index contributed by atoms with van der Waals surface area (Å²) in [5.41, 5.74) is -1.21. The van der Waals surface area contributed by atoms with Crippen LogP contribution in [-0.2, 0) is 16.1 Å². The molecule has 3 amide bonds. The number of carbonyl (C=O) groups excluding carboxylic acids is 2. The van der Waals surface area contributed by atoms with E-state index >= 15 is 4.39 Å². The second kappa shape index (κ2) is 11.1. The minimum absolute atomic E-state index is 0.0139. The number of amides is 3. The molecule has 1 saturated heterocycles. The van der Waals surface area contributed by atoms with Crippen LogP contribution in [0.15, 0.2) is 39.9 Å². The first-order chi connectivity index (χ1) is 19.6. The van der Waals surface area contributed by atoms with Gasteiger partial charge >= 0.3 is 11.7 Å². The largest absolute Gasteiger partial charge is 0.365 e. The fourth-order valence-electron chi connectivity index (χ4n) is 4.81. The molecular weight excluding hydrogens is 538 g/mol. The summed E-state index contributed by atoms with van der Waals surface area (Å²) in [4.78, 5) is 53.4. The van der Waals surface area contributed by atoms with Crippen LogP contribution in [0.3, 0.4) is 0 Å². The van der Waals surface area contributed by atoms with E-state index in [1.807, 2.05) is 0 Å². The SMILES string of the molecule is CC(C)n1c(=O)n(CC2CC2)c(=O)c2cc(NC(=O)N3CCOC(C(=O)Nc4ccc(C#N)c(F)c4)C3)c(F)cc21. The molecule has 2 aliphatic rings. The molecule has 2 aromatic carbocycles. The monoisotopic (exact) mass is 566 g/mol. The first kappa shape index (κ1) is 28.0. The van der Waals surface area contributed by atoms with E-state index in [-0.39, 0.29) is 66.0 Å². The highest BCUT2D eigenvalue weighted by molar-refractivity contribution is 5.96. The topological polar surface area (TPSA) is 138 Å². The van der Waals surface area contributed by atoms with Crippen molar-refractivity contribution in [2.45, 2.75) is 45.4 Å². The highest BCUT2D eigenvalue weighted by Gasteiger charge is 2.30. The number of nitrogens with one attached hydrogen (secondary N) is 2. The van der Waals surface area contributed by atoms with E-state index in [1.165, 1.54) is 32.2 Å². The van der Waals surface area contributed by atoms with Gasteiger partial charge in [-0.1, -0.05) is 0 Å². The Morgan fingerprint density at radius 3 is 2.54 bits per heavy atom. The third-order valence-electron chi connectivity index (χ3n) is 7.16. The lowest BCUT2D eigenvalue weighted by molar-refractivity contribution is -0.131. The Morgan fingerprint density at radius 2 is 1.88 bits per heavy atom. The van der Waals surface area contributed by atoms with Crippen molar-refractivity contribution in [3.63, 3.8) is 0 Å². The van der Waals surface area contributed by atoms with Crippen LogP contribution in [0.4, 0.5) is 25.0 Å². The maximum absolute atomic E-state index is 15.2. The fraction of sp³-hybridized carbons (Fsp3) is 0.393. The lowest BCUT2D eigenvalue weighted by Gasteiger charge is -2.32. The summed E-state index contributed by atoms with van der Waals surface area (Å²) in [5, 5.41) is 13.9. The summed E-state index contributed by atoms with van der Waals surface area (Å²) in [5.74, 6) is -2.01. The van der Waals surface area contributed by atoms with Gasteiger partial charge in [0.2, 0.25) is 0 Å². The number of nitriles is 1. The van der Waals surface area contributed by atoms with Crippen molar-refractivity contribution in [1.29, 1.82) is 5.26 Å². The number of hydrogen-bond acceptors (Lipinski definition) is 6. The van der Waals surface area contributed by atoms with Gasteiger partial charge in [0.15, 0.2) is 6.10 Å². The fourth-order valence-corrected chi connectivity index (χ4v) is 4.81. The molecule has 5 rings (SSSR count). The number of carbonyl (C=O) groups is 2. The van der Waals surface area contributed by atoms with Crippen molar-refractivity contribution in [1.82, 2.24) is 14.0 Å². The van der Waals surface area contributed by atoms with Gasteiger partial charge in [-0.2, -0.15) is 5.26 Å². The number of morpholine rings is 1. The summed E-state index contributed by atoms with van der Waals surface area (Å²) in [6.07, 6.45) is 0.767. The maximum atomic E-state index is 15.2. The molecule has 214 valence electrons. The van der Waals surface area contributed by atoms with Gasteiger partial charge < -0.3 is 20.3 Å². The average molecular weight is 567 g/mol. The molecule has 0 spiro atoms. The molecule has 2 heterocycles. The van der Waals surface area contributed by atoms with Gasteiger partial charge in [0.25, 0.3) is 11.5 Å². The van der Waals surface area contributed by atoms with Crippen molar-refractivity contribution in [2.24, 2.45) is 5.92 Å². The molecule has 41 heavy (non-hydrogen) atoms. The second-order valence-corrected chi connectivity index (χ2v) is 10.5. The molecule has 2 N–H and O–H groups in total. The van der Waals surface area contributed by atoms with Crippen LogP contribution < -0.4 is 21.9 Å². The van der Waals surface area contributed by atoms with Crippen LogP contribution in [0.5, 0.6) is 0 Å². The summed E-state index contributed by atoms with van der Waals surface area (Å²) in [6, 6.07) is 6.54. The molecular formula is C28H28F2N6O5. The summed E-state index contributed by atoms with van der Waals surface area (Å²) >= 11 is 0. The van der Waals surface area contributed by atoms with Crippen LogP contribution >= 0.6 is 0 Å². The Bertz CT molecular complexity index is 1710. The molecule has 1 aliphatic carbocycles. The second-order valence-electron chi connectivity index (χ2n) is 10.5. The molecule has 1 aromatic heterocycles. The molecule has 0 bridgehead atoms. The van der Waals surface area contributed by atoms with E-state index in [0.717, 1.165) is 25.0 Å². The zero-order valence-corrected chi connectivity index (χ0v) is 22.4. The minimum Gasteiger partial charge on any atom is -0.365 e. The van der Waals surface area contributed by atoms with E-state index in [9.17, 15) is 23.6 Å². The predicted molar refractivity (Wildman–Crippen MR) is 146 cm³/mol. The molecule has 0 radical (unpaired) electrons. The number of benzene rings is 2. The Balaban J connectivity index is 1.35. The molecule has 13 heteroatoms. The van der Waals surface area contributed by atoms with E-state index in [2.05, 4.69) is 10.6 Å². The summed E-state index contributed by atoms with van der Waals surface area (Å²) < 4.78 is 37.1. The molecule has 1 unspecified atom stereocenters. The number of fused-ring (bicyclic) bond motifs is 1. The number of urea groups is 1. The van der Waals surface area contributed by atoms with Crippen LogP contribution in [-0.4, -0.2) is 51.8 Å². The van der Waals surface area contributed by atoms with Crippen LogP contribution in [0.25, 0.3) is 10.9 Å². The molecule has 1 atom stereocenters. The van der Waals surface area contributed by atoms with Gasteiger partial charge in [-0.25, -0.2) is 18.4 Å². The Labute approximate surface area is 232 Å². The van der Waals surface area contributed by atoms with Gasteiger partial charge in [-0.3, -0.25) is 18.7 Å². The van der Waals surface area contributed by atoms with Crippen molar-refractivity contribution >= 4 is 34.2 Å². The lowest BCUT2D eigenvalue weighted by Crippen LogP contribution is -2.51. The standard InChI is InChI=1S/C28H28F2N6O5/c1-15(2)36-23-11-21(30)22(10-19(23)26(38)35(28(36)40)13-16-3-4-16)33-27(39)34-7-8-41-24(14-34)25(37)32-18-6-5-17(12-31)20(29)9-18/h5-6,9-11,15-16,24H,3-4,7-8,13-14H2,1-2H3,(H,32,37)(H,33,39). The lowest BCUT2D eigenvalue weighted by atomic mass is 10.1. The number of hydrogen-bond donors (Lipinski definition) is 2. The van der Waals surface area contributed by atoms with Crippen LogP contribution in [0.2, 0.25) is 0 Å². The molecule has 2 fully saturated rings. The number of nitrogens with zero attached hydrogens (tertiary/aromatic N) is 4.